The first kappa shape index (κ1) is 12.9. The number of hydrogen-bond donors (Lipinski definition) is 1. The van der Waals surface area contributed by atoms with Crippen molar-refractivity contribution in [1.29, 1.82) is 0 Å². The molecule has 2 nitrogen and oxygen atoms in total. The van der Waals surface area contributed by atoms with Crippen LogP contribution >= 0.6 is 0 Å². The normalized spacial score (nSPS) is 14.4. The van der Waals surface area contributed by atoms with Gasteiger partial charge in [0.2, 0.25) is 0 Å². The van der Waals surface area contributed by atoms with Crippen molar-refractivity contribution in [3.8, 4) is 0 Å². The van der Waals surface area contributed by atoms with E-state index in [0.717, 1.165) is 24.8 Å². The maximum atomic E-state index is 6.14. The van der Waals surface area contributed by atoms with Crippen molar-refractivity contribution >= 4 is 0 Å². The minimum Gasteiger partial charge on any atom is -0.375 e. The van der Waals surface area contributed by atoms with Crippen LogP contribution < -0.4 is 5.73 Å². The van der Waals surface area contributed by atoms with E-state index in [0.29, 0.717) is 0 Å². The van der Waals surface area contributed by atoms with Gasteiger partial charge in [0, 0.05) is 13.2 Å². The van der Waals surface area contributed by atoms with Gasteiger partial charge in [-0.25, -0.2) is 0 Å². The van der Waals surface area contributed by atoms with Crippen LogP contribution in [0, 0.1) is 0 Å². The molecule has 0 spiro atoms. The molecule has 0 saturated carbocycles. The van der Waals surface area contributed by atoms with Gasteiger partial charge < -0.3 is 10.5 Å². The predicted molar refractivity (Wildman–Crippen MR) is 68.2 cm³/mol. The molecule has 1 aromatic carbocycles. The maximum Gasteiger partial charge on any atom is 0.0971 e. The summed E-state index contributed by atoms with van der Waals surface area (Å²) in [6, 6.07) is 10.2. The molecule has 0 aromatic heterocycles. The van der Waals surface area contributed by atoms with Gasteiger partial charge in [-0.3, -0.25) is 0 Å². The molecule has 16 heavy (non-hydrogen) atoms. The molecule has 0 aliphatic carbocycles. The minimum absolute atomic E-state index is 0.00832. The Labute approximate surface area is 98.1 Å². The average Bonchev–Trinajstić information content (AvgIpc) is 2.32. The van der Waals surface area contributed by atoms with Crippen molar-refractivity contribution in [2.45, 2.75) is 31.4 Å². The standard InChI is InChI=1S/C14H21NO/c1-3-4-6-11-13(15)14(16-2)12-9-7-5-8-10-12/h3,5,7-10,13-14H,1,4,6,11,15H2,2H3. The highest BCUT2D eigenvalue weighted by atomic mass is 16.5. The van der Waals surface area contributed by atoms with Gasteiger partial charge in [0.1, 0.15) is 0 Å². The lowest BCUT2D eigenvalue weighted by Crippen LogP contribution is -2.29. The van der Waals surface area contributed by atoms with Crippen LogP contribution in [0.3, 0.4) is 0 Å². The van der Waals surface area contributed by atoms with Gasteiger partial charge in [-0.05, 0) is 24.8 Å². The third-order valence-corrected chi connectivity index (χ3v) is 2.72. The van der Waals surface area contributed by atoms with E-state index in [4.69, 9.17) is 10.5 Å². The number of unbranched alkanes of at least 4 members (excludes halogenated alkanes) is 1. The van der Waals surface area contributed by atoms with Crippen molar-refractivity contribution in [1.82, 2.24) is 0 Å². The highest BCUT2D eigenvalue weighted by Crippen LogP contribution is 2.22. The molecular formula is C14H21NO. The molecule has 1 aromatic rings. The molecule has 2 unspecified atom stereocenters. The first-order valence-corrected chi connectivity index (χ1v) is 5.73. The maximum absolute atomic E-state index is 6.14. The molecule has 88 valence electrons. The highest BCUT2D eigenvalue weighted by Gasteiger charge is 2.18. The Kier molecular flexibility index (Phi) is 5.83. The average molecular weight is 219 g/mol. The van der Waals surface area contributed by atoms with Gasteiger partial charge in [-0.15, -0.1) is 6.58 Å². The Morgan fingerprint density at radius 2 is 2.06 bits per heavy atom. The summed E-state index contributed by atoms with van der Waals surface area (Å²) >= 11 is 0. The van der Waals surface area contributed by atoms with Crippen LogP contribution in [-0.2, 0) is 4.74 Å². The van der Waals surface area contributed by atoms with E-state index in [-0.39, 0.29) is 12.1 Å². The summed E-state index contributed by atoms with van der Waals surface area (Å²) in [5, 5.41) is 0. The number of methoxy groups -OCH3 is 1. The second-order valence-corrected chi connectivity index (χ2v) is 3.95. The fourth-order valence-electron chi connectivity index (χ4n) is 1.85. The molecule has 1 rings (SSSR count). The van der Waals surface area contributed by atoms with Crippen molar-refractivity contribution < 1.29 is 4.74 Å². The second kappa shape index (κ2) is 7.20. The van der Waals surface area contributed by atoms with Crippen LogP contribution in [-0.4, -0.2) is 13.2 Å². The van der Waals surface area contributed by atoms with Gasteiger partial charge in [0.25, 0.3) is 0 Å². The van der Waals surface area contributed by atoms with E-state index in [1.165, 1.54) is 0 Å². The lowest BCUT2D eigenvalue weighted by Gasteiger charge is -2.22. The summed E-state index contributed by atoms with van der Waals surface area (Å²) in [5.41, 5.74) is 7.29. The molecule has 0 aliphatic heterocycles. The Balaban J connectivity index is 2.56. The summed E-state index contributed by atoms with van der Waals surface area (Å²) in [5.74, 6) is 0. The third-order valence-electron chi connectivity index (χ3n) is 2.72. The predicted octanol–water partition coefficient (Wildman–Crippen LogP) is 3.06. The smallest absolute Gasteiger partial charge is 0.0971 e. The van der Waals surface area contributed by atoms with E-state index < -0.39 is 0 Å². The van der Waals surface area contributed by atoms with Crippen LogP contribution in [0.5, 0.6) is 0 Å². The van der Waals surface area contributed by atoms with E-state index in [1.807, 2.05) is 24.3 Å². The topological polar surface area (TPSA) is 35.2 Å². The molecule has 0 amide bonds. The highest BCUT2D eigenvalue weighted by molar-refractivity contribution is 5.19. The summed E-state index contributed by atoms with van der Waals surface area (Å²) in [6.07, 6.45) is 4.96. The summed E-state index contributed by atoms with van der Waals surface area (Å²) in [7, 11) is 1.71. The van der Waals surface area contributed by atoms with E-state index in [1.54, 1.807) is 7.11 Å². The number of allylic oxidation sites excluding steroid dienone is 1. The van der Waals surface area contributed by atoms with Crippen molar-refractivity contribution in [3.05, 3.63) is 48.6 Å². The Bertz CT molecular complexity index is 297. The zero-order valence-electron chi connectivity index (χ0n) is 9.93. The van der Waals surface area contributed by atoms with E-state index in [9.17, 15) is 0 Å². The second-order valence-electron chi connectivity index (χ2n) is 3.95. The molecule has 2 N–H and O–H groups in total. The molecule has 2 atom stereocenters. The minimum atomic E-state index is -0.00832. The van der Waals surface area contributed by atoms with Crippen LogP contribution in [0.4, 0.5) is 0 Å². The lowest BCUT2D eigenvalue weighted by atomic mass is 9.98. The number of ether oxygens (including phenoxy) is 1. The fraction of sp³-hybridized carbons (Fsp3) is 0.429. The lowest BCUT2D eigenvalue weighted by molar-refractivity contribution is 0.0771. The van der Waals surface area contributed by atoms with Crippen molar-refractivity contribution in [3.63, 3.8) is 0 Å². The molecule has 2 heteroatoms. The van der Waals surface area contributed by atoms with Crippen LogP contribution in [0.1, 0.15) is 30.9 Å². The first-order valence-electron chi connectivity index (χ1n) is 5.73. The van der Waals surface area contributed by atoms with Crippen LogP contribution in [0.25, 0.3) is 0 Å². The van der Waals surface area contributed by atoms with E-state index in [2.05, 4.69) is 18.7 Å². The van der Waals surface area contributed by atoms with Gasteiger partial charge >= 0.3 is 0 Å². The van der Waals surface area contributed by atoms with Gasteiger partial charge in [-0.2, -0.15) is 0 Å². The largest absolute Gasteiger partial charge is 0.375 e. The molecule has 0 saturated heterocycles. The van der Waals surface area contributed by atoms with Crippen LogP contribution in [0.15, 0.2) is 43.0 Å². The first-order chi connectivity index (χ1) is 7.79. The molecule has 0 heterocycles. The zero-order chi connectivity index (χ0) is 11.8. The Morgan fingerprint density at radius 1 is 1.38 bits per heavy atom. The SMILES string of the molecule is C=CCCCC(N)C(OC)c1ccccc1. The van der Waals surface area contributed by atoms with Crippen LogP contribution in [0.2, 0.25) is 0 Å². The summed E-state index contributed by atoms with van der Waals surface area (Å²) < 4.78 is 5.48. The number of benzene rings is 1. The van der Waals surface area contributed by atoms with Gasteiger partial charge in [-0.1, -0.05) is 36.4 Å². The summed E-state index contributed by atoms with van der Waals surface area (Å²) in [6.45, 7) is 3.71. The quantitative estimate of drug-likeness (QED) is 0.565. The summed E-state index contributed by atoms with van der Waals surface area (Å²) in [4.78, 5) is 0. The zero-order valence-corrected chi connectivity index (χ0v) is 9.93. The molecule has 0 aliphatic rings. The molecule has 0 radical (unpaired) electrons. The number of rotatable bonds is 7. The molecule has 0 bridgehead atoms. The monoisotopic (exact) mass is 219 g/mol. The van der Waals surface area contributed by atoms with E-state index >= 15 is 0 Å². The van der Waals surface area contributed by atoms with Crippen molar-refractivity contribution in [2.75, 3.05) is 7.11 Å². The number of nitrogens with two attached hydrogens (primary N) is 1. The number of hydrogen-bond acceptors (Lipinski definition) is 2. The fourth-order valence-corrected chi connectivity index (χ4v) is 1.85. The van der Waals surface area contributed by atoms with Gasteiger partial charge in [0.15, 0.2) is 0 Å². The molecular weight excluding hydrogens is 198 g/mol. The third kappa shape index (κ3) is 3.80. The Hall–Kier alpha value is -1.12. The van der Waals surface area contributed by atoms with Gasteiger partial charge in [0.05, 0.1) is 6.10 Å². The molecule has 0 fully saturated rings. The Morgan fingerprint density at radius 3 is 2.62 bits per heavy atom. The van der Waals surface area contributed by atoms with Crippen molar-refractivity contribution in [2.24, 2.45) is 5.73 Å².